The summed E-state index contributed by atoms with van der Waals surface area (Å²) < 4.78 is 0. The molecule has 4 rings (SSSR count). The first-order valence-electron chi connectivity index (χ1n) is 7.84. The second-order valence-electron chi connectivity index (χ2n) is 6.80. The van der Waals surface area contributed by atoms with E-state index in [9.17, 15) is 0 Å². The zero-order valence-electron chi connectivity index (χ0n) is 15.2. The number of hydrogen-bond donors (Lipinski definition) is 1. The first-order valence-corrected chi connectivity index (χ1v) is 7.84. The summed E-state index contributed by atoms with van der Waals surface area (Å²) in [6.07, 6.45) is 8.41. The Labute approximate surface area is 183 Å². The van der Waals surface area contributed by atoms with Gasteiger partial charge in [0.25, 0.3) is 0 Å². The molecule has 0 bridgehead atoms. The van der Waals surface area contributed by atoms with Crippen LogP contribution in [0.2, 0.25) is 0 Å². The van der Waals surface area contributed by atoms with E-state index in [0.29, 0.717) is 0 Å². The molecule has 1 nitrogen and oxygen atoms in total. The van der Waals surface area contributed by atoms with Crippen molar-refractivity contribution in [1.82, 2.24) is 4.98 Å². The summed E-state index contributed by atoms with van der Waals surface area (Å²) in [6.45, 7) is 10.4. The number of nitrogens with one attached hydrogen (secondary N) is 1. The number of halogens is 2. The van der Waals surface area contributed by atoms with E-state index in [2.05, 4.69) is 68.9 Å². The summed E-state index contributed by atoms with van der Waals surface area (Å²) in [5.41, 5.74) is 3.58. The third-order valence-electron chi connectivity index (χ3n) is 3.85. The SMILES string of the molecule is C=C1[C-]=c2ccccc2=C1.CC(C)(C)c1[c-][nH]c2ccccc12.[Cl-].[Cl-].[Ti+4]. The summed E-state index contributed by atoms with van der Waals surface area (Å²) in [5.74, 6) is 0. The molecule has 3 aromatic rings. The molecule has 1 N–H and O–H groups in total. The molecule has 1 aliphatic carbocycles. The van der Waals surface area contributed by atoms with Gasteiger partial charge >= 0.3 is 21.7 Å². The Kier molecular flexibility index (Phi) is 9.69. The van der Waals surface area contributed by atoms with Crippen LogP contribution in [0.1, 0.15) is 26.3 Å². The molecule has 0 atom stereocenters. The van der Waals surface area contributed by atoms with Gasteiger partial charge in [-0.25, -0.2) is 0 Å². The maximum absolute atomic E-state index is 3.80. The molecule has 2 aromatic carbocycles. The molecule has 0 unspecified atom stereocenters. The van der Waals surface area contributed by atoms with Crippen molar-refractivity contribution in [2.75, 3.05) is 0 Å². The number of aromatic nitrogens is 1. The maximum Gasteiger partial charge on any atom is 4.00 e. The summed E-state index contributed by atoms with van der Waals surface area (Å²) >= 11 is 0. The second kappa shape index (κ2) is 10.2. The fraction of sp³-hybridized carbons (Fsp3) is 0.182. The van der Waals surface area contributed by atoms with E-state index in [4.69, 9.17) is 0 Å². The molecule has 132 valence electrons. The van der Waals surface area contributed by atoms with Crippen LogP contribution in [0.15, 0.2) is 60.7 Å². The molecule has 1 aliphatic rings. The molecular weight excluding hydrogens is 397 g/mol. The van der Waals surface area contributed by atoms with E-state index in [-0.39, 0.29) is 51.9 Å². The third kappa shape index (κ3) is 5.62. The molecule has 1 heterocycles. The van der Waals surface area contributed by atoms with Crippen LogP contribution in [-0.4, -0.2) is 4.98 Å². The number of para-hydroxylation sites is 1. The molecular formula is C22H21Cl2NTi. The summed E-state index contributed by atoms with van der Waals surface area (Å²) in [6, 6.07) is 16.5. The fourth-order valence-electron chi connectivity index (χ4n) is 2.73. The van der Waals surface area contributed by atoms with Crippen LogP contribution in [0.5, 0.6) is 0 Å². The molecule has 4 heteroatoms. The van der Waals surface area contributed by atoms with Crippen molar-refractivity contribution in [3.63, 3.8) is 0 Å². The van der Waals surface area contributed by atoms with E-state index in [0.717, 1.165) is 10.8 Å². The molecule has 0 aliphatic heterocycles. The Hall–Kier alpha value is -1.25. The molecule has 0 radical (unpaired) electrons. The zero-order chi connectivity index (χ0) is 16.4. The first-order chi connectivity index (χ1) is 10.9. The van der Waals surface area contributed by atoms with Crippen molar-refractivity contribution in [2.24, 2.45) is 0 Å². The van der Waals surface area contributed by atoms with E-state index in [1.807, 2.05) is 30.3 Å². The Balaban J connectivity index is 0.000000441. The van der Waals surface area contributed by atoms with Gasteiger partial charge < -0.3 is 29.8 Å². The first kappa shape index (κ1) is 24.8. The predicted octanol–water partition coefficient (Wildman–Crippen LogP) is -2.03. The average molecular weight is 418 g/mol. The summed E-state index contributed by atoms with van der Waals surface area (Å²) in [4.78, 5) is 3.17. The zero-order valence-corrected chi connectivity index (χ0v) is 18.2. The number of H-pyrrole nitrogens is 1. The Morgan fingerprint density at radius 3 is 2.19 bits per heavy atom. The third-order valence-corrected chi connectivity index (χ3v) is 3.85. The number of allylic oxidation sites excluding steroid dienone is 1. The monoisotopic (exact) mass is 417 g/mol. The van der Waals surface area contributed by atoms with Crippen LogP contribution in [-0.2, 0) is 27.1 Å². The van der Waals surface area contributed by atoms with Crippen molar-refractivity contribution in [3.8, 4) is 0 Å². The molecule has 1 aromatic heterocycles. The Morgan fingerprint density at radius 1 is 0.923 bits per heavy atom. The van der Waals surface area contributed by atoms with E-state index in [1.165, 1.54) is 21.7 Å². The number of fused-ring (bicyclic) bond motifs is 2. The van der Waals surface area contributed by atoms with Gasteiger partial charge in [-0.15, -0.1) is 63.6 Å². The molecule has 0 spiro atoms. The standard InChI is InChI=1S/C12H14N.C10H7.2ClH.Ti/c1-12(2,3)10-8-13-11-7-5-4-6-9(10)11;1-8-6-9-4-2-3-5-10(9)7-8;;;/h4-7,13H,1-3H3;2-6H,1H2;2*1H;/q2*-1;;;+4/p-2. The van der Waals surface area contributed by atoms with Gasteiger partial charge in [0, 0.05) is 0 Å². The molecule has 26 heavy (non-hydrogen) atoms. The minimum Gasteiger partial charge on any atom is -1.00 e. The van der Waals surface area contributed by atoms with Crippen LogP contribution in [0.4, 0.5) is 0 Å². The molecule has 0 fully saturated rings. The van der Waals surface area contributed by atoms with Gasteiger partial charge in [-0.2, -0.15) is 12.0 Å². The smallest absolute Gasteiger partial charge is 1.00 e. The minimum absolute atomic E-state index is 0. The van der Waals surface area contributed by atoms with Gasteiger partial charge in [-0.1, -0.05) is 51.1 Å². The Bertz CT molecular complexity index is 944. The van der Waals surface area contributed by atoms with Gasteiger partial charge in [-0.05, 0) is 5.41 Å². The molecule has 0 saturated carbocycles. The summed E-state index contributed by atoms with van der Waals surface area (Å²) in [5, 5.41) is 3.68. The van der Waals surface area contributed by atoms with Crippen LogP contribution in [0.3, 0.4) is 0 Å². The number of hydrogen-bond acceptors (Lipinski definition) is 0. The van der Waals surface area contributed by atoms with Crippen molar-refractivity contribution in [3.05, 3.63) is 82.9 Å². The van der Waals surface area contributed by atoms with Crippen molar-refractivity contribution >= 4 is 23.1 Å². The minimum atomic E-state index is 0. The maximum atomic E-state index is 3.80. The number of aromatic amines is 1. The Morgan fingerprint density at radius 2 is 1.54 bits per heavy atom. The normalized spacial score (nSPS) is 11.4. The number of benzene rings is 2. The number of rotatable bonds is 0. The second-order valence-corrected chi connectivity index (χ2v) is 6.80. The van der Waals surface area contributed by atoms with Crippen molar-refractivity contribution < 1.29 is 46.5 Å². The average Bonchev–Trinajstić information content (AvgIpc) is 3.09. The van der Waals surface area contributed by atoms with E-state index in [1.54, 1.807) is 0 Å². The largest absolute Gasteiger partial charge is 4.00 e. The fourth-order valence-corrected chi connectivity index (χ4v) is 2.73. The van der Waals surface area contributed by atoms with Crippen molar-refractivity contribution in [1.29, 1.82) is 0 Å². The topological polar surface area (TPSA) is 15.8 Å². The van der Waals surface area contributed by atoms with Gasteiger partial charge in [0.2, 0.25) is 0 Å². The van der Waals surface area contributed by atoms with Crippen molar-refractivity contribution in [2.45, 2.75) is 26.2 Å². The van der Waals surface area contributed by atoms with E-state index < -0.39 is 0 Å². The molecule has 0 saturated heterocycles. The van der Waals surface area contributed by atoms with Crippen LogP contribution < -0.4 is 35.3 Å². The van der Waals surface area contributed by atoms with Crippen LogP contribution in [0.25, 0.3) is 23.1 Å². The van der Waals surface area contributed by atoms with E-state index >= 15 is 0 Å². The van der Waals surface area contributed by atoms with Crippen LogP contribution in [0, 0.1) is 6.20 Å². The predicted molar refractivity (Wildman–Crippen MR) is 98.5 cm³/mol. The quantitative estimate of drug-likeness (QED) is 0.320. The van der Waals surface area contributed by atoms with Crippen LogP contribution >= 0.6 is 0 Å². The van der Waals surface area contributed by atoms with Gasteiger partial charge in [0.15, 0.2) is 0 Å². The van der Waals surface area contributed by atoms with Gasteiger partial charge in [-0.3, -0.25) is 0 Å². The van der Waals surface area contributed by atoms with Gasteiger partial charge in [0.05, 0.1) is 0 Å². The summed E-state index contributed by atoms with van der Waals surface area (Å²) in [7, 11) is 0. The van der Waals surface area contributed by atoms with Gasteiger partial charge in [0.1, 0.15) is 0 Å². The molecule has 0 amide bonds.